The fraction of sp³-hybridized carbons (Fsp3) is 0.588. The number of furan rings is 1. The summed E-state index contributed by atoms with van der Waals surface area (Å²) in [6, 6.07) is 1.88. The molecular weight excluding hydrogens is 294 g/mol. The summed E-state index contributed by atoms with van der Waals surface area (Å²) in [5, 5.41) is 8.11. The summed E-state index contributed by atoms with van der Waals surface area (Å²) in [7, 11) is 0. The lowest BCUT2D eigenvalue weighted by Crippen LogP contribution is -2.31. The van der Waals surface area contributed by atoms with Crippen LogP contribution in [-0.4, -0.2) is 34.1 Å². The summed E-state index contributed by atoms with van der Waals surface area (Å²) in [6.07, 6.45) is 5.56. The maximum absolute atomic E-state index is 12.3. The van der Waals surface area contributed by atoms with Crippen LogP contribution in [0.15, 0.2) is 14.9 Å². The predicted molar refractivity (Wildman–Crippen MR) is 84.8 cm³/mol. The number of rotatable bonds is 4. The second-order valence-electron chi connectivity index (χ2n) is 6.12. The number of nitrogens with zero attached hydrogens (tertiary/aromatic N) is 3. The van der Waals surface area contributed by atoms with Crippen molar-refractivity contribution >= 4 is 5.91 Å². The molecule has 0 aromatic carbocycles. The maximum Gasteiger partial charge on any atom is 0.251 e. The molecule has 1 saturated heterocycles. The number of carbonyl (C=O) groups is 1. The van der Waals surface area contributed by atoms with Crippen molar-refractivity contribution in [2.45, 2.75) is 52.4 Å². The molecule has 23 heavy (non-hydrogen) atoms. The van der Waals surface area contributed by atoms with Crippen molar-refractivity contribution in [2.24, 2.45) is 0 Å². The highest BCUT2D eigenvalue weighted by Crippen LogP contribution is 2.25. The molecule has 1 aliphatic heterocycles. The zero-order valence-corrected chi connectivity index (χ0v) is 13.8. The second kappa shape index (κ2) is 6.98. The molecule has 1 amide bonds. The van der Waals surface area contributed by atoms with Crippen LogP contribution in [0.4, 0.5) is 0 Å². The average molecular weight is 317 g/mol. The van der Waals surface area contributed by atoms with Gasteiger partial charge in [0, 0.05) is 25.9 Å². The van der Waals surface area contributed by atoms with Gasteiger partial charge in [0.15, 0.2) is 0 Å². The quantitative estimate of drug-likeness (QED) is 0.865. The standard InChI is InChI=1S/C17H23N3O3/c1-12-11-14(13(2)22-12)17-19-18-15(23-17)7-8-16(21)20-9-5-3-4-6-10-20/h11H,3-10H2,1-2H3. The largest absolute Gasteiger partial charge is 0.466 e. The fourth-order valence-corrected chi connectivity index (χ4v) is 3.00. The lowest BCUT2D eigenvalue weighted by molar-refractivity contribution is -0.131. The molecule has 3 rings (SSSR count). The van der Waals surface area contributed by atoms with Crippen molar-refractivity contribution in [3.8, 4) is 11.5 Å². The summed E-state index contributed by atoms with van der Waals surface area (Å²) >= 11 is 0. The van der Waals surface area contributed by atoms with Crippen molar-refractivity contribution in [2.75, 3.05) is 13.1 Å². The highest BCUT2D eigenvalue weighted by atomic mass is 16.4. The predicted octanol–water partition coefficient (Wildman–Crippen LogP) is 3.28. The van der Waals surface area contributed by atoms with E-state index < -0.39 is 0 Å². The van der Waals surface area contributed by atoms with Gasteiger partial charge in [-0.25, -0.2) is 0 Å². The van der Waals surface area contributed by atoms with Crippen LogP contribution in [0.25, 0.3) is 11.5 Å². The lowest BCUT2D eigenvalue weighted by atomic mass is 10.2. The molecule has 0 saturated carbocycles. The molecule has 0 aliphatic carbocycles. The van der Waals surface area contributed by atoms with Crippen LogP contribution >= 0.6 is 0 Å². The zero-order chi connectivity index (χ0) is 16.2. The molecule has 6 heteroatoms. The molecule has 1 aliphatic rings. The number of hydrogen-bond donors (Lipinski definition) is 0. The number of aryl methyl sites for hydroxylation is 3. The Morgan fingerprint density at radius 3 is 2.52 bits per heavy atom. The molecule has 0 unspecified atom stereocenters. The third kappa shape index (κ3) is 3.81. The Hall–Kier alpha value is -2.11. The van der Waals surface area contributed by atoms with E-state index in [1.807, 2.05) is 24.8 Å². The van der Waals surface area contributed by atoms with E-state index in [4.69, 9.17) is 8.83 Å². The monoisotopic (exact) mass is 317 g/mol. The Labute approximate surface area is 135 Å². The molecule has 2 aromatic rings. The molecule has 6 nitrogen and oxygen atoms in total. The number of carbonyl (C=O) groups excluding carboxylic acids is 1. The van der Waals surface area contributed by atoms with Gasteiger partial charge in [-0.15, -0.1) is 10.2 Å². The smallest absolute Gasteiger partial charge is 0.251 e. The summed E-state index contributed by atoms with van der Waals surface area (Å²) < 4.78 is 11.2. The van der Waals surface area contributed by atoms with Crippen molar-refractivity contribution in [3.05, 3.63) is 23.5 Å². The Morgan fingerprint density at radius 1 is 1.13 bits per heavy atom. The van der Waals surface area contributed by atoms with E-state index in [0.29, 0.717) is 24.6 Å². The van der Waals surface area contributed by atoms with E-state index in [2.05, 4.69) is 10.2 Å². The molecule has 3 heterocycles. The molecule has 0 radical (unpaired) electrons. The summed E-state index contributed by atoms with van der Waals surface area (Å²) in [5.74, 6) is 2.71. The van der Waals surface area contributed by atoms with Gasteiger partial charge in [-0.3, -0.25) is 4.79 Å². The van der Waals surface area contributed by atoms with Gasteiger partial charge in [0.25, 0.3) is 5.89 Å². The normalized spacial score (nSPS) is 15.7. The van der Waals surface area contributed by atoms with Crippen LogP contribution in [0.3, 0.4) is 0 Å². The van der Waals surface area contributed by atoms with Crippen molar-refractivity contribution in [1.82, 2.24) is 15.1 Å². The van der Waals surface area contributed by atoms with Crippen LogP contribution in [0.5, 0.6) is 0 Å². The summed E-state index contributed by atoms with van der Waals surface area (Å²) in [4.78, 5) is 14.2. The minimum atomic E-state index is 0.182. The average Bonchev–Trinajstić information content (AvgIpc) is 3.01. The molecule has 0 spiro atoms. The van der Waals surface area contributed by atoms with Crippen molar-refractivity contribution in [3.63, 3.8) is 0 Å². The summed E-state index contributed by atoms with van der Waals surface area (Å²) in [6.45, 7) is 5.51. The SMILES string of the molecule is Cc1cc(-c2nnc(CCC(=O)N3CCCCCC3)o2)c(C)o1. The van der Waals surface area contributed by atoms with Crippen molar-refractivity contribution in [1.29, 1.82) is 0 Å². The summed E-state index contributed by atoms with van der Waals surface area (Å²) in [5.41, 5.74) is 0.820. The first-order chi connectivity index (χ1) is 11.1. The van der Waals surface area contributed by atoms with E-state index in [1.54, 1.807) is 0 Å². The van der Waals surface area contributed by atoms with Crippen LogP contribution in [0, 0.1) is 13.8 Å². The van der Waals surface area contributed by atoms with E-state index >= 15 is 0 Å². The number of likely N-dealkylation sites (tertiary alicyclic amines) is 1. The molecule has 0 atom stereocenters. The molecule has 2 aromatic heterocycles. The minimum absolute atomic E-state index is 0.182. The number of amides is 1. The van der Waals surface area contributed by atoms with Crippen LogP contribution in [0.1, 0.15) is 49.5 Å². The Kier molecular flexibility index (Phi) is 4.79. The van der Waals surface area contributed by atoms with Gasteiger partial charge in [-0.1, -0.05) is 12.8 Å². The molecule has 1 fully saturated rings. The van der Waals surface area contributed by atoms with Gasteiger partial charge >= 0.3 is 0 Å². The molecule has 0 N–H and O–H groups in total. The molecular formula is C17H23N3O3. The van der Waals surface area contributed by atoms with Crippen LogP contribution in [-0.2, 0) is 11.2 Å². The highest BCUT2D eigenvalue weighted by Gasteiger charge is 2.18. The Morgan fingerprint density at radius 2 is 1.87 bits per heavy atom. The van der Waals surface area contributed by atoms with E-state index in [1.165, 1.54) is 12.8 Å². The molecule has 0 bridgehead atoms. The van der Waals surface area contributed by atoms with Gasteiger partial charge in [-0.2, -0.15) is 0 Å². The second-order valence-corrected chi connectivity index (χ2v) is 6.12. The number of hydrogen-bond acceptors (Lipinski definition) is 5. The number of aromatic nitrogens is 2. The van der Waals surface area contributed by atoms with E-state index in [-0.39, 0.29) is 5.91 Å². The van der Waals surface area contributed by atoms with Gasteiger partial charge in [0.1, 0.15) is 11.5 Å². The van der Waals surface area contributed by atoms with Crippen LogP contribution < -0.4 is 0 Å². The third-order valence-electron chi connectivity index (χ3n) is 4.25. The van der Waals surface area contributed by atoms with E-state index in [0.717, 1.165) is 43.0 Å². The van der Waals surface area contributed by atoms with Gasteiger partial charge in [-0.05, 0) is 32.8 Å². The van der Waals surface area contributed by atoms with Gasteiger partial charge in [0.2, 0.25) is 11.8 Å². The first-order valence-corrected chi connectivity index (χ1v) is 8.31. The van der Waals surface area contributed by atoms with Gasteiger partial charge < -0.3 is 13.7 Å². The first-order valence-electron chi connectivity index (χ1n) is 8.31. The molecule has 124 valence electrons. The Bertz CT molecular complexity index is 666. The van der Waals surface area contributed by atoms with Crippen molar-refractivity contribution < 1.29 is 13.6 Å². The van der Waals surface area contributed by atoms with E-state index in [9.17, 15) is 4.79 Å². The Balaban J connectivity index is 1.58. The van der Waals surface area contributed by atoms with Crippen LogP contribution in [0.2, 0.25) is 0 Å². The maximum atomic E-state index is 12.3. The third-order valence-corrected chi connectivity index (χ3v) is 4.25. The van der Waals surface area contributed by atoms with Gasteiger partial charge in [0.05, 0.1) is 5.56 Å². The minimum Gasteiger partial charge on any atom is -0.466 e. The highest BCUT2D eigenvalue weighted by molar-refractivity contribution is 5.76. The first kappa shape index (κ1) is 15.8. The fourth-order valence-electron chi connectivity index (χ4n) is 3.00. The topological polar surface area (TPSA) is 72.4 Å². The lowest BCUT2D eigenvalue weighted by Gasteiger charge is -2.19. The zero-order valence-electron chi connectivity index (χ0n) is 13.8.